The van der Waals surface area contributed by atoms with Gasteiger partial charge in [-0.05, 0) is 18.5 Å². The Morgan fingerprint density at radius 1 is 1.26 bits per heavy atom. The Morgan fingerprint density at radius 3 is 2.74 bits per heavy atom. The lowest BCUT2D eigenvalue weighted by atomic mass is 10.1. The molecule has 0 unspecified atom stereocenters. The van der Waals surface area contributed by atoms with Crippen LogP contribution in [-0.2, 0) is 17.7 Å². The fourth-order valence-corrected chi connectivity index (χ4v) is 1.84. The first-order valence-corrected chi connectivity index (χ1v) is 6.58. The molecule has 1 heterocycles. The number of methoxy groups -OCH3 is 1. The molecule has 102 valence electrons. The summed E-state index contributed by atoms with van der Waals surface area (Å²) in [5.74, 6) is 0.811. The van der Waals surface area contributed by atoms with Crippen molar-refractivity contribution in [2.45, 2.75) is 19.9 Å². The van der Waals surface area contributed by atoms with Crippen LogP contribution in [0.2, 0.25) is 0 Å². The van der Waals surface area contributed by atoms with Gasteiger partial charge in [-0.15, -0.1) is 0 Å². The summed E-state index contributed by atoms with van der Waals surface area (Å²) in [6.07, 6.45) is 0.929. The summed E-state index contributed by atoms with van der Waals surface area (Å²) in [6.45, 7) is 4.48. The number of benzene rings is 1. The monoisotopic (exact) mass is 260 g/mol. The third-order valence-electron chi connectivity index (χ3n) is 2.95. The van der Waals surface area contributed by atoms with Gasteiger partial charge in [0.1, 0.15) is 0 Å². The zero-order valence-corrected chi connectivity index (χ0v) is 11.5. The molecule has 4 heteroatoms. The minimum Gasteiger partial charge on any atom is -0.384 e. The first-order valence-electron chi connectivity index (χ1n) is 6.58. The molecule has 0 spiro atoms. The van der Waals surface area contributed by atoms with Crippen molar-refractivity contribution in [1.29, 1.82) is 0 Å². The van der Waals surface area contributed by atoms with Gasteiger partial charge in [-0.3, -0.25) is 0 Å². The van der Waals surface area contributed by atoms with E-state index in [2.05, 4.69) is 41.7 Å². The highest BCUT2D eigenvalue weighted by Crippen LogP contribution is 2.21. The molecule has 1 N–H and O–H groups in total. The molecule has 0 bridgehead atoms. The molecule has 19 heavy (non-hydrogen) atoms. The number of nitrogens with one attached hydrogen (secondary N) is 1. The summed E-state index contributed by atoms with van der Waals surface area (Å²) in [5.41, 5.74) is 3.25. The fourth-order valence-electron chi connectivity index (χ4n) is 1.84. The van der Waals surface area contributed by atoms with Crippen molar-refractivity contribution in [1.82, 2.24) is 10.5 Å². The van der Waals surface area contributed by atoms with Crippen LogP contribution in [0.3, 0.4) is 0 Å². The lowest BCUT2D eigenvalue weighted by Crippen LogP contribution is -2.11. The second kappa shape index (κ2) is 7.07. The van der Waals surface area contributed by atoms with Gasteiger partial charge in [-0.2, -0.15) is 0 Å². The predicted molar refractivity (Wildman–Crippen MR) is 74.9 cm³/mol. The number of hydrogen-bond donors (Lipinski definition) is 1. The number of hydrogen-bond acceptors (Lipinski definition) is 4. The third-order valence-corrected chi connectivity index (χ3v) is 2.95. The average Bonchev–Trinajstić information content (AvgIpc) is 2.92. The van der Waals surface area contributed by atoms with Crippen LogP contribution in [0.5, 0.6) is 0 Å². The topological polar surface area (TPSA) is 47.3 Å². The lowest BCUT2D eigenvalue weighted by Gasteiger charge is -2.01. The third kappa shape index (κ3) is 3.91. The van der Waals surface area contributed by atoms with E-state index in [1.807, 2.05) is 6.07 Å². The highest BCUT2D eigenvalue weighted by atomic mass is 16.5. The maximum atomic E-state index is 5.35. The molecule has 0 aliphatic heterocycles. The van der Waals surface area contributed by atoms with Crippen LogP contribution in [-0.4, -0.2) is 25.4 Å². The maximum absolute atomic E-state index is 5.35. The smallest absolute Gasteiger partial charge is 0.167 e. The Hall–Kier alpha value is -1.65. The van der Waals surface area contributed by atoms with Crippen molar-refractivity contribution in [3.05, 3.63) is 41.6 Å². The first kappa shape index (κ1) is 13.8. The zero-order valence-electron chi connectivity index (χ0n) is 11.5. The molecule has 2 aromatic rings. The molecule has 0 aliphatic carbocycles. The summed E-state index contributed by atoms with van der Waals surface area (Å²) in [5, 5.41) is 7.27. The van der Waals surface area contributed by atoms with Crippen molar-refractivity contribution in [2.24, 2.45) is 0 Å². The normalized spacial score (nSPS) is 10.8. The Balaban J connectivity index is 2.02. The minimum absolute atomic E-state index is 0.742. The van der Waals surface area contributed by atoms with E-state index in [4.69, 9.17) is 9.26 Å². The summed E-state index contributed by atoms with van der Waals surface area (Å²) in [4.78, 5) is 0. The second-order valence-corrected chi connectivity index (χ2v) is 4.40. The maximum Gasteiger partial charge on any atom is 0.167 e. The van der Waals surface area contributed by atoms with E-state index >= 15 is 0 Å². The predicted octanol–water partition coefficient (Wildman–Crippen LogP) is 2.64. The van der Waals surface area contributed by atoms with E-state index in [0.717, 1.165) is 43.1 Å². The van der Waals surface area contributed by atoms with Crippen LogP contribution >= 0.6 is 0 Å². The van der Waals surface area contributed by atoms with Crippen molar-refractivity contribution in [2.75, 3.05) is 20.3 Å². The molecular weight excluding hydrogens is 240 g/mol. The Bertz CT molecular complexity index is 491. The second-order valence-electron chi connectivity index (χ2n) is 4.40. The van der Waals surface area contributed by atoms with E-state index < -0.39 is 0 Å². The Kier molecular flexibility index (Phi) is 5.12. The molecule has 0 saturated heterocycles. The fraction of sp³-hybridized carbons (Fsp3) is 0.400. The van der Waals surface area contributed by atoms with Gasteiger partial charge in [0.2, 0.25) is 0 Å². The van der Waals surface area contributed by atoms with Gasteiger partial charge >= 0.3 is 0 Å². The van der Waals surface area contributed by atoms with Crippen LogP contribution < -0.4 is 5.32 Å². The number of ether oxygens (including phenoxy) is 1. The Labute approximate surface area is 113 Å². The summed E-state index contributed by atoms with van der Waals surface area (Å²) in [7, 11) is 1.72. The van der Waals surface area contributed by atoms with Crippen LogP contribution in [0.4, 0.5) is 0 Å². The van der Waals surface area contributed by atoms with E-state index in [1.54, 1.807) is 7.11 Å². The molecular formula is C15H20N2O2. The van der Waals surface area contributed by atoms with Crippen LogP contribution in [0.1, 0.15) is 18.2 Å². The quantitative estimate of drug-likeness (QED) is 0.831. The lowest BCUT2D eigenvalue weighted by molar-refractivity contribution is 0.202. The first-order chi connectivity index (χ1) is 9.33. The molecule has 2 rings (SSSR count). The van der Waals surface area contributed by atoms with Crippen molar-refractivity contribution in [3.63, 3.8) is 0 Å². The van der Waals surface area contributed by atoms with E-state index in [0.29, 0.717) is 0 Å². The van der Waals surface area contributed by atoms with E-state index in [-0.39, 0.29) is 0 Å². The van der Waals surface area contributed by atoms with Crippen molar-refractivity contribution >= 4 is 0 Å². The molecule has 0 fully saturated rings. The minimum atomic E-state index is 0.742. The van der Waals surface area contributed by atoms with Gasteiger partial charge in [0.25, 0.3) is 0 Å². The molecule has 0 radical (unpaired) electrons. The highest BCUT2D eigenvalue weighted by Gasteiger charge is 2.06. The SMILES string of the molecule is CCNCc1cc(-c2ccc(CCOC)cc2)on1. The molecule has 0 aliphatic rings. The van der Waals surface area contributed by atoms with Crippen LogP contribution in [0.25, 0.3) is 11.3 Å². The summed E-state index contributed by atoms with van der Waals surface area (Å²) in [6, 6.07) is 10.3. The number of nitrogens with zero attached hydrogens (tertiary/aromatic N) is 1. The van der Waals surface area contributed by atoms with Gasteiger partial charge in [0, 0.05) is 25.3 Å². The molecule has 4 nitrogen and oxygen atoms in total. The number of aromatic nitrogens is 1. The molecule has 1 aromatic heterocycles. The largest absolute Gasteiger partial charge is 0.384 e. The highest BCUT2D eigenvalue weighted by molar-refractivity contribution is 5.57. The van der Waals surface area contributed by atoms with Gasteiger partial charge in [-0.25, -0.2) is 0 Å². The average molecular weight is 260 g/mol. The van der Waals surface area contributed by atoms with Crippen LogP contribution in [0.15, 0.2) is 34.9 Å². The van der Waals surface area contributed by atoms with Gasteiger partial charge < -0.3 is 14.6 Å². The number of rotatable bonds is 7. The molecule has 0 amide bonds. The van der Waals surface area contributed by atoms with Crippen molar-refractivity contribution in [3.8, 4) is 11.3 Å². The summed E-state index contributed by atoms with van der Waals surface area (Å²) >= 11 is 0. The zero-order chi connectivity index (χ0) is 13.5. The molecule has 0 atom stereocenters. The standard InChI is InChI=1S/C15H20N2O2/c1-3-16-11-14-10-15(19-17-14)13-6-4-12(5-7-13)8-9-18-2/h4-7,10,16H,3,8-9,11H2,1-2H3. The summed E-state index contributed by atoms with van der Waals surface area (Å²) < 4.78 is 10.4. The molecule has 1 aromatic carbocycles. The van der Waals surface area contributed by atoms with Gasteiger partial charge in [0.05, 0.1) is 12.3 Å². The van der Waals surface area contributed by atoms with E-state index in [1.165, 1.54) is 5.56 Å². The van der Waals surface area contributed by atoms with Crippen LogP contribution in [0, 0.1) is 0 Å². The van der Waals surface area contributed by atoms with Crippen molar-refractivity contribution < 1.29 is 9.26 Å². The Morgan fingerprint density at radius 2 is 2.05 bits per heavy atom. The molecule has 0 saturated carbocycles. The van der Waals surface area contributed by atoms with Gasteiger partial charge in [-0.1, -0.05) is 36.3 Å². The van der Waals surface area contributed by atoms with Gasteiger partial charge in [0.15, 0.2) is 5.76 Å². The van der Waals surface area contributed by atoms with E-state index in [9.17, 15) is 0 Å².